The second-order valence-electron chi connectivity index (χ2n) is 10.6. The summed E-state index contributed by atoms with van der Waals surface area (Å²) in [5.41, 5.74) is 0.247. The molecule has 3 aromatic rings. The quantitative estimate of drug-likeness (QED) is 0.255. The van der Waals surface area contributed by atoms with Gasteiger partial charge in [-0.15, -0.1) is 0 Å². The summed E-state index contributed by atoms with van der Waals surface area (Å²) in [5, 5.41) is 19.4. The number of carbonyl (C=O) groups excluding carboxylic acids is 2. The fraction of sp³-hybridized carbons (Fsp3) is 0.600. The molecule has 4 rings (SSSR count). The van der Waals surface area contributed by atoms with Crippen molar-refractivity contribution in [3.05, 3.63) is 42.0 Å². The number of aliphatic hydroxyl groups is 1. The highest BCUT2D eigenvalue weighted by Gasteiger charge is 2.40. The summed E-state index contributed by atoms with van der Waals surface area (Å²) in [7, 11) is 0. The molecular weight excluding hydrogens is 555 g/mol. The zero-order chi connectivity index (χ0) is 30.1. The first-order valence-corrected chi connectivity index (χ1v) is 13.1. The lowest BCUT2D eigenvalue weighted by Crippen LogP contribution is -2.38. The number of halogens is 5. The lowest BCUT2D eigenvalue weighted by Gasteiger charge is -2.33. The van der Waals surface area contributed by atoms with Gasteiger partial charge in [-0.1, -0.05) is 6.92 Å². The summed E-state index contributed by atoms with van der Waals surface area (Å²) in [6, 6.07) is 0.400. The molecule has 0 bridgehead atoms. The van der Waals surface area contributed by atoms with Crippen LogP contribution in [0.4, 0.5) is 22.0 Å². The topological polar surface area (TPSA) is 139 Å². The van der Waals surface area contributed by atoms with E-state index in [-0.39, 0.29) is 54.9 Å². The average molecular weight is 587 g/mol. The number of aliphatic hydroxyl groups excluding tert-OH is 1. The third kappa shape index (κ3) is 7.15. The Hall–Kier alpha value is -3.69. The van der Waals surface area contributed by atoms with Gasteiger partial charge < -0.3 is 15.7 Å². The molecule has 2 amide bonds. The van der Waals surface area contributed by atoms with Crippen molar-refractivity contribution in [2.45, 2.75) is 83.3 Å². The summed E-state index contributed by atoms with van der Waals surface area (Å²) in [6.07, 6.45) is -3.30. The number of fused-ring (bicyclic) bond motifs is 1. The van der Waals surface area contributed by atoms with Crippen molar-refractivity contribution in [2.24, 2.45) is 11.8 Å². The summed E-state index contributed by atoms with van der Waals surface area (Å²) in [4.78, 5) is 37.9. The van der Waals surface area contributed by atoms with Crippen molar-refractivity contribution < 1.29 is 36.6 Å². The minimum absolute atomic E-state index is 0.0500. The lowest BCUT2D eigenvalue weighted by molar-refractivity contribution is -0.174. The molecule has 1 unspecified atom stereocenters. The molecule has 0 radical (unpaired) electrons. The maximum absolute atomic E-state index is 13.9. The van der Waals surface area contributed by atoms with E-state index < -0.39 is 48.5 Å². The Morgan fingerprint density at radius 2 is 1.78 bits per heavy atom. The number of hydrogen-bond acceptors (Lipinski definition) is 7. The van der Waals surface area contributed by atoms with E-state index in [1.807, 2.05) is 13.8 Å². The molecule has 0 aromatic carbocycles. The van der Waals surface area contributed by atoms with Gasteiger partial charge >= 0.3 is 6.18 Å². The van der Waals surface area contributed by atoms with Gasteiger partial charge in [0, 0.05) is 37.7 Å². The maximum atomic E-state index is 13.9. The van der Waals surface area contributed by atoms with Crippen LogP contribution >= 0.6 is 0 Å². The van der Waals surface area contributed by atoms with Crippen molar-refractivity contribution in [1.29, 1.82) is 0 Å². The number of rotatable bonds is 9. The standard InChI is InChI=1S/C25H31F5N8O3/c1-13(2)38-20(31-12-32-38)22(41)36-19(15-4-7-24(26,27)8-5-15)17-11-37-9-6-16(33-23(37)34-17)21(40)35-18(39)10-14(3)25(28,29)30/h6,9,11-15,19,21,40H,4-5,7-8,10H2,1-3H3,(H,35,39)(H,36,41)/t14?,19-,21+/m0/s1. The average Bonchev–Trinajstić information content (AvgIpc) is 3.54. The molecule has 0 saturated heterocycles. The minimum Gasteiger partial charge on any atom is -0.368 e. The van der Waals surface area contributed by atoms with E-state index in [0.29, 0.717) is 5.69 Å². The monoisotopic (exact) mass is 586 g/mol. The van der Waals surface area contributed by atoms with Gasteiger partial charge in [-0.05, 0) is 38.7 Å². The fourth-order valence-electron chi connectivity index (χ4n) is 4.71. The van der Waals surface area contributed by atoms with Crippen molar-refractivity contribution in [3.63, 3.8) is 0 Å². The first-order chi connectivity index (χ1) is 19.1. The van der Waals surface area contributed by atoms with Crippen LogP contribution in [-0.4, -0.2) is 58.2 Å². The Labute approximate surface area is 231 Å². The van der Waals surface area contributed by atoms with Crippen molar-refractivity contribution in [2.75, 3.05) is 0 Å². The summed E-state index contributed by atoms with van der Waals surface area (Å²) >= 11 is 0. The van der Waals surface area contributed by atoms with Gasteiger partial charge in [0.05, 0.1) is 23.3 Å². The smallest absolute Gasteiger partial charge is 0.368 e. The normalized spacial score (nSPS) is 18.3. The van der Waals surface area contributed by atoms with E-state index in [1.54, 1.807) is 6.20 Å². The molecule has 3 atom stereocenters. The van der Waals surface area contributed by atoms with Crippen LogP contribution < -0.4 is 10.6 Å². The number of hydrogen-bond donors (Lipinski definition) is 3. The third-order valence-electron chi connectivity index (χ3n) is 7.10. The number of aromatic nitrogens is 6. The van der Waals surface area contributed by atoms with Crippen molar-refractivity contribution >= 4 is 17.6 Å². The van der Waals surface area contributed by atoms with E-state index >= 15 is 0 Å². The SMILES string of the molecule is CC(C)n1ncnc1C(=O)N[C@H](c1cn2ccc([C@@H](O)NC(=O)CC(C)C(F)(F)F)nc2n1)C1CCC(F)(F)CC1. The van der Waals surface area contributed by atoms with Gasteiger partial charge in [0.25, 0.3) is 5.91 Å². The molecule has 3 aromatic heterocycles. The number of nitrogens with one attached hydrogen (secondary N) is 2. The summed E-state index contributed by atoms with van der Waals surface area (Å²) in [5.74, 6) is -6.54. The molecule has 41 heavy (non-hydrogen) atoms. The van der Waals surface area contributed by atoms with Crippen LogP contribution in [0.1, 0.15) is 93.2 Å². The fourth-order valence-corrected chi connectivity index (χ4v) is 4.71. The van der Waals surface area contributed by atoms with Crippen LogP contribution in [0.2, 0.25) is 0 Å². The number of carbonyl (C=O) groups is 2. The summed E-state index contributed by atoms with van der Waals surface area (Å²) in [6.45, 7) is 4.51. The van der Waals surface area contributed by atoms with Crippen LogP contribution in [0.15, 0.2) is 24.8 Å². The Balaban J connectivity index is 1.57. The molecule has 3 N–H and O–H groups in total. The number of nitrogens with zero attached hydrogens (tertiary/aromatic N) is 6. The second-order valence-corrected chi connectivity index (χ2v) is 10.6. The lowest BCUT2D eigenvalue weighted by atomic mass is 9.81. The summed E-state index contributed by atoms with van der Waals surface area (Å²) < 4.78 is 69.1. The Morgan fingerprint density at radius 3 is 2.41 bits per heavy atom. The predicted octanol–water partition coefficient (Wildman–Crippen LogP) is 3.89. The predicted molar refractivity (Wildman–Crippen MR) is 133 cm³/mol. The number of amides is 2. The Kier molecular flexibility index (Phi) is 8.61. The highest BCUT2D eigenvalue weighted by atomic mass is 19.4. The number of imidazole rings is 1. The van der Waals surface area contributed by atoms with Gasteiger partial charge in [0.1, 0.15) is 6.33 Å². The maximum Gasteiger partial charge on any atom is 0.392 e. The van der Waals surface area contributed by atoms with Crippen LogP contribution in [-0.2, 0) is 4.79 Å². The zero-order valence-electron chi connectivity index (χ0n) is 22.6. The molecular formula is C25H31F5N8O3. The van der Waals surface area contributed by atoms with Gasteiger partial charge in [0.2, 0.25) is 23.4 Å². The molecule has 224 valence electrons. The van der Waals surface area contributed by atoms with Crippen LogP contribution in [0.25, 0.3) is 5.78 Å². The first-order valence-electron chi connectivity index (χ1n) is 13.1. The highest BCUT2D eigenvalue weighted by molar-refractivity contribution is 5.91. The molecule has 11 nitrogen and oxygen atoms in total. The van der Waals surface area contributed by atoms with E-state index in [0.717, 1.165) is 6.92 Å². The van der Waals surface area contributed by atoms with E-state index in [4.69, 9.17) is 0 Å². The zero-order valence-corrected chi connectivity index (χ0v) is 22.6. The Bertz CT molecular complexity index is 1380. The van der Waals surface area contributed by atoms with E-state index in [9.17, 15) is 36.6 Å². The highest BCUT2D eigenvalue weighted by Crippen LogP contribution is 2.41. The molecule has 0 spiro atoms. The Morgan fingerprint density at radius 1 is 1.12 bits per heavy atom. The molecule has 3 heterocycles. The van der Waals surface area contributed by atoms with Gasteiger partial charge in [-0.25, -0.2) is 28.4 Å². The molecule has 16 heteroatoms. The largest absolute Gasteiger partial charge is 0.392 e. The van der Waals surface area contributed by atoms with Crippen molar-refractivity contribution in [3.8, 4) is 0 Å². The first kappa shape index (κ1) is 30.3. The van der Waals surface area contributed by atoms with Gasteiger partial charge in [-0.2, -0.15) is 18.3 Å². The molecule has 1 aliphatic rings. The van der Waals surface area contributed by atoms with Crippen LogP contribution in [0.5, 0.6) is 0 Å². The van der Waals surface area contributed by atoms with Crippen molar-refractivity contribution in [1.82, 2.24) is 39.8 Å². The molecule has 0 aliphatic heterocycles. The minimum atomic E-state index is -4.56. The molecule has 1 fully saturated rings. The molecule has 1 saturated carbocycles. The number of alkyl halides is 5. The van der Waals surface area contributed by atoms with Crippen LogP contribution in [0, 0.1) is 11.8 Å². The van der Waals surface area contributed by atoms with E-state index in [2.05, 4.69) is 30.7 Å². The molecule has 1 aliphatic carbocycles. The third-order valence-corrected chi connectivity index (χ3v) is 7.10. The second kappa shape index (κ2) is 11.7. The van der Waals surface area contributed by atoms with Gasteiger partial charge in [-0.3, -0.25) is 14.0 Å². The van der Waals surface area contributed by atoms with Gasteiger partial charge in [0.15, 0.2) is 6.23 Å². The van der Waals surface area contributed by atoms with Crippen LogP contribution in [0.3, 0.4) is 0 Å². The van der Waals surface area contributed by atoms with E-state index in [1.165, 1.54) is 27.7 Å².